The molecule has 0 spiro atoms. The van der Waals surface area contributed by atoms with Gasteiger partial charge in [-0.3, -0.25) is 4.79 Å². The van der Waals surface area contributed by atoms with Gasteiger partial charge in [-0.25, -0.2) is 0 Å². The van der Waals surface area contributed by atoms with Gasteiger partial charge in [-0.2, -0.15) is 0 Å². The molecule has 1 aromatic carbocycles. The summed E-state index contributed by atoms with van der Waals surface area (Å²) in [7, 11) is 1.97. The molecule has 1 fully saturated rings. The first-order valence-electron chi connectivity index (χ1n) is 9.53. The van der Waals surface area contributed by atoms with Crippen LogP contribution in [0.5, 0.6) is 11.5 Å². The minimum atomic E-state index is 0.0872. The molecule has 1 saturated heterocycles. The summed E-state index contributed by atoms with van der Waals surface area (Å²) in [4.78, 5) is 14.9. The lowest BCUT2D eigenvalue weighted by molar-refractivity contribution is 0.0673. The molecule has 1 atom stereocenters. The number of carbonyl (C=O) groups excluding carboxylic acids is 1. The number of hydrogen-bond acceptors (Lipinski definition) is 4. The Morgan fingerprint density at radius 3 is 2.60 bits per heavy atom. The summed E-state index contributed by atoms with van der Waals surface area (Å²) in [5, 5.41) is 3.22. The van der Waals surface area contributed by atoms with Crippen molar-refractivity contribution in [2.24, 2.45) is 5.92 Å². The zero-order valence-corrected chi connectivity index (χ0v) is 15.8. The molecule has 1 heterocycles. The van der Waals surface area contributed by atoms with Gasteiger partial charge in [0.25, 0.3) is 5.91 Å². The van der Waals surface area contributed by atoms with E-state index in [2.05, 4.69) is 19.2 Å². The van der Waals surface area contributed by atoms with Crippen molar-refractivity contribution in [2.45, 2.75) is 39.5 Å². The van der Waals surface area contributed by atoms with E-state index in [-0.39, 0.29) is 5.91 Å². The number of benzene rings is 1. The lowest BCUT2D eigenvalue weighted by Crippen LogP contribution is -2.42. The number of rotatable bonds is 9. The fourth-order valence-electron chi connectivity index (χ4n) is 3.18. The molecule has 1 aromatic rings. The predicted octanol–water partition coefficient (Wildman–Crippen LogP) is 3.34. The molecule has 25 heavy (non-hydrogen) atoms. The molecular weight excluding hydrogens is 316 g/mol. The van der Waals surface area contributed by atoms with Crippen molar-refractivity contribution in [1.82, 2.24) is 10.2 Å². The Morgan fingerprint density at radius 2 is 1.92 bits per heavy atom. The van der Waals surface area contributed by atoms with Gasteiger partial charge in [0.2, 0.25) is 0 Å². The molecular formula is C20H32N2O3. The number of likely N-dealkylation sites (tertiary alicyclic amines) is 1. The third-order valence-corrected chi connectivity index (χ3v) is 4.41. The van der Waals surface area contributed by atoms with Gasteiger partial charge in [0, 0.05) is 18.7 Å². The SMILES string of the molecule is CCCOc1ccc(C(=O)N2CCCC(CNC)C2)cc1OCCC. The highest BCUT2D eigenvalue weighted by molar-refractivity contribution is 5.95. The van der Waals surface area contributed by atoms with Gasteiger partial charge in [0.15, 0.2) is 11.5 Å². The van der Waals surface area contributed by atoms with Crippen LogP contribution in [0.4, 0.5) is 0 Å². The number of hydrogen-bond donors (Lipinski definition) is 1. The van der Waals surface area contributed by atoms with Crippen molar-refractivity contribution in [3.05, 3.63) is 23.8 Å². The van der Waals surface area contributed by atoms with Gasteiger partial charge in [0.05, 0.1) is 13.2 Å². The zero-order chi connectivity index (χ0) is 18.1. The largest absolute Gasteiger partial charge is 0.490 e. The summed E-state index contributed by atoms with van der Waals surface area (Å²) < 4.78 is 11.6. The lowest BCUT2D eigenvalue weighted by atomic mass is 9.97. The first-order valence-corrected chi connectivity index (χ1v) is 9.53. The van der Waals surface area contributed by atoms with Crippen molar-refractivity contribution in [2.75, 3.05) is 39.9 Å². The molecule has 1 aliphatic heterocycles. The minimum Gasteiger partial charge on any atom is -0.490 e. The van der Waals surface area contributed by atoms with E-state index in [1.54, 1.807) is 0 Å². The Hall–Kier alpha value is -1.75. The number of ether oxygens (including phenoxy) is 2. The third kappa shape index (κ3) is 5.63. The van der Waals surface area contributed by atoms with E-state index in [1.807, 2.05) is 30.1 Å². The van der Waals surface area contributed by atoms with E-state index in [9.17, 15) is 4.79 Å². The van der Waals surface area contributed by atoms with Gasteiger partial charge in [-0.1, -0.05) is 13.8 Å². The molecule has 0 radical (unpaired) electrons. The Bertz CT molecular complexity index is 546. The summed E-state index contributed by atoms with van der Waals surface area (Å²) in [6, 6.07) is 5.56. The second-order valence-electron chi connectivity index (χ2n) is 6.68. The van der Waals surface area contributed by atoms with Crippen LogP contribution in [-0.4, -0.2) is 50.7 Å². The fourth-order valence-corrected chi connectivity index (χ4v) is 3.18. The average molecular weight is 348 g/mol. The molecule has 5 heteroatoms. The first-order chi connectivity index (χ1) is 12.2. The van der Waals surface area contributed by atoms with Crippen LogP contribution < -0.4 is 14.8 Å². The average Bonchev–Trinajstić information content (AvgIpc) is 2.65. The van der Waals surface area contributed by atoms with E-state index in [4.69, 9.17) is 9.47 Å². The molecule has 0 aromatic heterocycles. The van der Waals surface area contributed by atoms with E-state index in [0.717, 1.165) is 44.6 Å². The Labute approximate surface area is 151 Å². The van der Waals surface area contributed by atoms with Gasteiger partial charge < -0.3 is 19.7 Å². The number of nitrogens with zero attached hydrogens (tertiary/aromatic N) is 1. The van der Waals surface area contributed by atoms with E-state index in [1.165, 1.54) is 6.42 Å². The summed E-state index contributed by atoms with van der Waals surface area (Å²) in [6.45, 7) is 8.01. The molecule has 1 amide bonds. The molecule has 1 aliphatic rings. The van der Waals surface area contributed by atoms with E-state index < -0.39 is 0 Å². The van der Waals surface area contributed by atoms with E-state index >= 15 is 0 Å². The smallest absolute Gasteiger partial charge is 0.254 e. The van der Waals surface area contributed by atoms with Gasteiger partial charge in [-0.05, 0) is 63.4 Å². The van der Waals surface area contributed by atoms with Crippen LogP contribution in [0, 0.1) is 5.92 Å². The second-order valence-corrected chi connectivity index (χ2v) is 6.68. The Balaban J connectivity index is 2.12. The van der Waals surface area contributed by atoms with Gasteiger partial charge >= 0.3 is 0 Å². The number of nitrogens with one attached hydrogen (secondary N) is 1. The quantitative estimate of drug-likeness (QED) is 0.744. The molecule has 0 bridgehead atoms. The zero-order valence-electron chi connectivity index (χ0n) is 15.8. The molecule has 1 unspecified atom stereocenters. The monoisotopic (exact) mass is 348 g/mol. The van der Waals surface area contributed by atoms with Gasteiger partial charge in [0.1, 0.15) is 0 Å². The molecule has 1 N–H and O–H groups in total. The highest BCUT2D eigenvalue weighted by atomic mass is 16.5. The minimum absolute atomic E-state index is 0.0872. The maximum atomic E-state index is 12.9. The fraction of sp³-hybridized carbons (Fsp3) is 0.650. The van der Waals surface area contributed by atoms with Crippen LogP contribution in [0.2, 0.25) is 0 Å². The second kappa shape index (κ2) is 10.3. The van der Waals surface area contributed by atoms with Crippen molar-refractivity contribution >= 4 is 5.91 Å². The maximum absolute atomic E-state index is 12.9. The standard InChI is InChI=1S/C20H32N2O3/c1-4-11-24-18-9-8-17(13-19(18)25-12-5-2)20(23)22-10-6-7-16(15-22)14-21-3/h8-9,13,16,21H,4-7,10-12,14-15H2,1-3H3. The first kappa shape index (κ1) is 19.6. The highest BCUT2D eigenvalue weighted by Gasteiger charge is 2.24. The van der Waals surface area contributed by atoms with Crippen LogP contribution in [0.15, 0.2) is 18.2 Å². The summed E-state index contributed by atoms with van der Waals surface area (Å²) in [6.07, 6.45) is 4.10. The highest BCUT2D eigenvalue weighted by Crippen LogP contribution is 2.30. The van der Waals surface area contributed by atoms with Gasteiger partial charge in [-0.15, -0.1) is 0 Å². The van der Waals surface area contributed by atoms with Crippen LogP contribution >= 0.6 is 0 Å². The summed E-state index contributed by atoms with van der Waals surface area (Å²) in [5.41, 5.74) is 0.681. The van der Waals surface area contributed by atoms with Crippen LogP contribution in [0.1, 0.15) is 49.9 Å². The molecule has 5 nitrogen and oxygen atoms in total. The van der Waals surface area contributed by atoms with Crippen LogP contribution in [-0.2, 0) is 0 Å². The summed E-state index contributed by atoms with van der Waals surface area (Å²) in [5.74, 6) is 2.01. The number of amides is 1. The van der Waals surface area contributed by atoms with E-state index in [0.29, 0.717) is 30.4 Å². The van der Waals surface area contributed by atoms with Crippen molar-refractivity contribution < 1.29 is 14.3 Å². The molecule has 140 valence electrons. The number of piperidine rings is 1. The topological polar surface area (TPSA) is 50.8 Å². The predicted molar refractivity (Wildman–Crippen MR) is 101 cm³/mol. The van der Waals surface area contributed by atoms with Crippen molar-refractivity contribution in [1.29, 1.82) is 0 Å². The van der Waals surface area contributed by atoms with Crippen molar-refractivity contribution in [3.63, 3.8) is 0 Å². The Morgan fingerprint density at radius 1 is 1.20 bits per heavy atom. The van der Waals surface area contributed by atoms with Crippen molar-refractivity contribution in [3.8, 4) is 11.5 Å². The normalized spacial score (nSPS) is 17.4. The molecule has 2 rings (SSSR count). The van der Waals surface area contributed by atoms with Crippen LogP contribution in [0.3, 0.4) is 0 Å². The van der Waals surface area contributed by atoms with Crippen LogP contribution in [0.25, 0.3) is 0 Å². The number of carbonyl (C=O) groups is 1. The lowest BCUT2D eigenvalue weighted by Gasteiger charge is -2.33. The third-order valence-electron chi connectivity index (χ3n) is 4.41. The Kier molecular flexibility index (Phi) is 8.06. The molecule has 0 aliphatic carbocycles. The maximum Gasteiger partial charge on any atom is 0.254 e. The molecule has 0 saturated carbocycles. The summed E-state index contributed by atoms with van der Waals surface area (Å²) >= 11 is 0.